The number of nitrogens with zero attached hydrogens (tertiary/aromatic N) is 2. The lowest BCUT2D eigenvalue weighted by molar-refractivity contribution is 0.623. The minimum Gasteiger partial charge on any atom is -0.369 e. The van der Waals surface area contributed by atoms with Crippen molar-refractivity contribution >= 4 is 36.1 Å². The van der Waals surface area contributed by atoms with Crippen LogP contribution >= 0.6 is 24.2 Å². The molecule has 0 heterocycles. The molecule has 0 rings (SSSR count). The van der Waals surface area contributed by atoms with Gasteiger partial charge >= 0.3 is 0 Å². The van der Waals surface area contributed by atoms with Crippen LogP contribution in [0.3, 0.4) is 0 Å². The lowest BCUT2D eigenvalue weighted by Gasteiger charge is -2.14. The molecule has 0 amide bonds. The van der Waals surface area contributed by atoms with Crippen LogP contribution in [0.1, 0.15) is 26.7 Å². The summed E-state index contributed by atoms with van der Waals surface area (Å²) in [5, 5.41) is 7.00. The van der Waals surface area contributed by atoms with Crippen molar-refractivity contribution in [1.82, 2.24) is 4.42 Å². The van der Waals surface area contributed by atoms with Crippen molar-refractivity contribution in [3.63, 3.8) is 0 Å². The maximum atomic E-state index is 7.00. The number of guanidine groups is 2. The van der Waals surface area contributed by atoms with Gasteiger partial charge in [-0.25, -0.2) is 4.99 Å². The normalized spacial score (nSPS) is 11.0. The Bertz CT molecular complexity index is 202. The first-order valence-electron chi connectivity index (χ1n) is 4.16. The molecule has 0 aliphatic rings. The fourth-order valence-corrected chi connectivity index (χ4v) is 0.876. The fraction of sp³-hybridized carbons (Fsp3) is 0.714. The third-order valence-corrected chi connectivity index (χ3v) is 2.03. The third-order valence-electron chi connectivity index (χ3n) is 1.67. The van der Waals surface area contributed by atoms with Crippen molar-refractivity contribution in [1.29, 1.82) is 5.41 Å². The molecule has 7 heteroatoms. The molecule has 0 spiro atoms. The number of halogens is 2. The first-order chi connectivity index (χ1) is 6.02. The quantitative estimate of drug-likeness (QED) is 0.395. The maximum Gasteiger partial charge on any atom is 0.213 e. The van der Waals surface area contributed by atoms with Crippen molar-refractivity contribution in [2.24, 2.45) is 16.5 Å². The standard InChI is InChI=1S/C7H16ClN5.ClH/c1-3-5(4-2)12-7(11)13(8)6(9)10;/h5H,3-4H2,1-2H3,(H3,9,10)(H2,11,12);1H. The molecule has 0 bridgehead atoms. The molecule has 84 valence electrons. The van der Waals surface area contributed by atoms with Crippen LogP contribution in [-0.2, 0) is 0 Å². The van der Waals surface area contributed by atoms with E-state index >= 15 is 0 Å². The first kappa shape index (κ1) is 15.8. The van der Waals surface area contributed by atoms with E-state index in [2.05, 4.69) is 4.99 Å². The minimum absolute atomic E-state index is 0. The summed E-state index contributed by atoms with van der Waals surface area (Å²) in [5.74, 6) is -0.253. The Morgan fingerprint density at radius 3 is 2.14 bits per heavy atom. The van der Waals surface area contributed by atoms with Crippen molar-refractivity contribution < 1.29 is 0 Å². The topological polar surface area (TPSA) is 91.5 Å². The van der Waals surface area contributed by atoms with Gasteiger partial charge in [-0.05, 0) is 12.8 Å². The zero-order valence-electron chi connectivity index (χ0n) is 8.33. The third kappa shape index (κ3) is 5.14. The molecule has 5 nitrogen and oxygen atoms in total. The summed E-state index contributed by atoms with van der Waals surface area (Å²) in [6, 6.07) is 0.139. The van der Waals surface area contributed by atoms with Crippen molar-refractivity contribution in [3.05, 3.63) is 0 Å². The van der Waals surface area contributed by atoms with Gasteiger partial charge < -0.3 is 11.5 Å². The number of hydrogen-bond acceptors (Lipinski definition) is 2. The van der Waals surface area contributed by atoms with Crippen LogP contribution in [0.4, 0.5) is 0 Å². The van der Waals surface area contributed by atoms with Crippen LogP contribution in [-0.4, -0.2) is 22.4 Å². The van der Waals surface area contributed by atoms with Gasteiger partial charge in [0, 0.05) is 11.8 Å². The average molecular weight is 242 g/mol. The average Bonchev–Trinajstić information content (AvgIpc) is 2.12. The second-order valence-corrected chi connectivity index (χ2v) is 2.96. The number of aliphatic imine (C=N–C) groups is 1. The highest BCUT2D eigenvalue weighted by molar-refractivity contribution is 6.30. The Labute approximate surface area is 95.5 Å². The van der Waals surface area contributed by atoms with Crippen LogP contribution in [0.25, 0.3) is 0 Å². The van der Waals surface area contributed by atoms with Crippen LogP contribution < -0.4 is 11.5 Å². The molecular formula is C7H17Cl2N5. The van der Waals surface area contributed by atoms with Gasteiger partial charge in [-0.15, -0.1) is 12.4 Å². The Hall–Kier alpha value is -0.680. The monoisotopic (exact) mass is 241 g/mol. The number of hydrogen-bond donors (Lipinski definition) is 3. The van der Waals surface area contributed by atoms with E-state index in [0.717, 1.165) is 17.3 Å². The second kappa shape index (κ2) is 7.70. The predicted molar refractivity (Wildman–Crippen MR) is 62.8 cm³/mol. The molecule has 0 aromatic rings. The van der Waals surface area contributed by atoms with Crippen molar-refractivity contribution in [2.45, 2.75) is 32.7 Å². The van der Waals surface area contributed by atoms with Gasteiger partial charge in [-0.1, -0.05) is 13.8 Å². The van der Waals surface area contributed by atoms with Crippen molar-refractivity contribution in [2.75, 3.05) is 0 Å². The largest absolute Gasteiger partial charge is 0.369 e. The summed E-state index contributed by atoms with van der Waals surface area (Å²) in [6.45, 7) is 4.02. The van der Waals surface area contributed by atoms with E-state index in [9.17, 15) is 0 Å². The summed E-state index contributed by atoms with van der Waals surface area (Å²) < 4.78 is 0.832. The molecule has 14 heavy (non-hydrogen) atoms. The van der Waals surface area contributed by atoms with Gasteiger partial charge in [0.1, 0.15) is 0 Å². The molecule has 0 fully saturated rings. The lowest BCUT2D eigenvalue weighted by Crippen LogP contribution is -2.39. The van der Waals surface area contributed by atoms with Gasteiger partial charge in [0.25, 0.3) is 0 Å². The molecule has 0 aliphatic carbocycles. The second-order valence-electron chi connectivity index (χ2n) is 2.62. The first-order valence-corrected chi connectivity index (χ1v) is 4.49. The van der Waals surface area contributed by atoms with E-state index in [-0.39, 0.29) is 30.4 Å². The highest BCUT2D eigenvalue weighted by Gasteiger charge is 2.09. The van der Waals surface area contributed by atoms with Gasteiger partial charge in [0.15, 0.2) is 0 Å². The minimum atomic E-state index is -0.325. The van der Waals surface area contributed by atoms with Crippen LogP contribution in [0.2, 0.25) is 0 Å². The SMILES string of the molecule is CCC(CC)N=C(N)N(Cl)C(=N)N.Cl. The molecule has 0 aliphatic heterocycles. The number of nitrogens with two attached hydrogens (primary N) is 2. The van der Waals surface area contributed by atoms with Gasteiger partial charge in [0.2, 0.25) is 11.9 Å². The zero-order chi connectivity index (χ0) is 10.4. The Morgan fingerprint density at radius 1 is 1.43 bits per heavy atom. The molecule has 0 radical (unpaired) electrons. The van der Waals surface area contributed by atoms with E-state index in [1.54, 1.807) is 0 Å². The van der Waals surface area contributed by atoms with Gasteiger partial charge in [0.05, 0.1) is 6.04 Å². The molecule has 0 aromatic carbocycles. The van der Waals surface area contributed by atoms with E-state index in [4.69, 9.17) is 28.7 Å². The lowest BCUT2D eigenvalue weighted by atomic mass is 10.2. The fourth-order valence-electron chi connectivity index (χ4n) is 0.832. The smallest absolute Gasteiger partial charge is 0.213 e. The summed E-state index contributed by atoms with van der Waals surface area (Å²) >= 11 is 5.55. The Morgan fingerprint density at radius 2 is 1.86 bits per heavy atom. The maximum absolute atomic E-state index is 7.00. The molecule has 0 aromatic heterocycles. The highest BCUT2D eigenvalue weighted by Crippen LogP contribution is 2.03. The molecule has 5 N–H and O–H groups in total. The van der Waals surface area contributed by atoms with E-state index in [1.807, 2.05) is 13.8 Å². The Balaban J connectivity index is 0. The van der Waals surface area contributed by atoms with Crippen LogP contribution in [0.15, 0.2) is 4.99 Å². The highest BCUT2D eigenvalue weighted by atomic mass is 35.5. The zero-order valence-corrected chi connectivity index (χ0v) is 9.90. The molecule has 0 unspecified atom stereocenters. The van der Waals surface area contributed by atoms with E-state index < -0.39 is 0 Å². The summed E-state index contributed by atoms with van der Waals surface area (Å²) in [5.41, 5.74) is 10.6. The van der Waals surface area contributed by atoms with Crippen LogP contribution in [0, 0.1) is 5.41 Å². The predicted octanol–water partition coefficient (Wildman–Crippen LogP) is 1.26. The van der Waals surface area contributed by atoms with Crippen molar-refractivity contribution in [3.8, 4) is 0 Å². The summed E-state index contributed by atoms with van der Waals surface area (Å²) in [7, 11) is 0. The number of rotatable bonds is 3. The van der Waals surface area contributed by atoms with E-state index in [0.29, 0.717) is 0 Å². The number of nitrogens with one attached hydrogen (secondary N) is 1. The van der Waals surface area contributed by atoms with Gasteiger partial charge in [-0.2, -0.15) is 4.42 Å². The molecule has 0 saturated carbocycles. The Kier molecular flexibility index (Phi) is 8.68. The summed E-state index contributed by atoms with van der Waals surface area (Å²) in [4.78, 5) is 4.10. The molecule has 0 saturated heterocycles. The molecular weight excluding hydrogens is 225 g/mol. The van der Waals surface area contributed by atoms with E-state index in [1.165, 1.54) is 0 Å². The van der Waals surface area contributed by atoms with Gasteiger partial charge in [-0.3, -0.25) is 5.41 Å². The van der Waals surface area contributed by atoms with Crippen LogP contribution in [0.5, 0.6) is 0 Å². The summed E-state index contributed by atoms with van der Waals surface area (Å²) in [6.07, 6.45) is 1.78. The molecule has 0 atom stereocenters.